The highest BCUT2D eigenvalue weighted by Crippen LogP contribution is 2.25. The van der Waals surface area contributed by atoms with E-state index < -0.39 is 5.97 Å². The molecule has 1 heterocycles. The van der Waals surface area contributed by atoms with E-state index in [1.165, 1.54) is 11.8 Å². The molecule has 9 heteroatoms. The zero-order valence-electron chi connectivity index (χ0n) is 11.4. The second kappa shape index (κ2) is 7.04. The van der Waals surface area contributed by atoms with Crippen LogP contribution in [0.3, 0.4) is 0 Å². The zero-order valence-corrected chi connectivity index (χ0v) is 13.8. The van der Waals surface area contributed by atoms with E-state index in [1.54, 1.807) is 24.5 Å². The number of anilines is 2. The molecule has 0 aliphatic carbocycles. The monoisotopic (exact) mass is 358 g/mol. The Kier molecular flexibility index (Phi) is 5.33. The molecule has 0 aliphatic rings. The van der Waals surface area contributed by atoms with Gasteiger partial charge in [-0.3, -0.25) is 0 Å². The van der Waals surface area contributed by atoms with E-state index in [0.717, 1.165) is 5.56 Å². The molecule has 0 fully saturated rings. The fraction of sp³-hybridized carbons (Fsp3) is 0.154. The molecule has 1 aromatic heterocycles. The van der Waals surface area contributed by atoms with Gasteiger partial charge in [0, 0.05) is 16.6 Å². The average Bonchev–Trinajstić information content (AvgIpc) is 2.45. The normalized spacial score (nSPS) is 10.5. The molecule has 1 aromatic carbocycles. The summed E-state index contributed by atoms with van der Waals surface area (Å²) >= 11 is 13.2. The number of benzene rings is 1. The molecule has 116 valence electrons. The average molecular weight is 359 g/mol. The van der Waals surface area contributed by atoms with Gasteiger partial charge in [0.05, 0.1) is 0 Å². The third-order valence-electron chi connectivity index (χ3n) is 2.77. The molecule has 2 aromatic rings. The summed E-state index contributed by atoms with van der Waals surface area (Å²) < 4.78 is 0. The lowest BCUT2D eigenvalue weighted by Gasteiger charge is -2.12. The van der Waals surface area contributed by atoms with Crippen LogP contribution in [-0.4, -0.2) is 27.3 Å². The van der Waals surface area contributed by atoms with Gasteiger partial charge in [-0.05, 0) is 24.0 Å². The van der Waals surface area contributed by atoms with Crippen molar-refractivity contribution in [2.24, 2.45) is 0 Å². The van der Waals surface area contributed by atoms with Crippen molar-refractivity contribution in [3.8, 4) is 0 Å². The number of hydrogen-bond donors (Lipinski definition) is 3. The van der Waals surface area contributed by atoms with E-state index in [-0.39, 0.29) is 23.7 Å². The molecular weight excluding hydrogens is 347 g/mol. The lowest BCUT2D eigenvalue weighted by molar-refractivity contribution is 0.0698. The van der Waals surface area contributed by atoms with E-state index in [1.807, 2.05) is 0 Å². The number of carboxylic acids is 1. The van der Waals surface area contributed by atoms with Gasteiger partial charge in [0.15, 0.2) is 5.16 Å². The van der Waals surface area contributed by atoms with Crippen molar-refractivity contribution < 1.29 is 9.90 Å². The Morgan fingerprint density at radius 3 is 2.73 bits per heavy atom. The van der Waals surface area contributed by atoms with Crippen LogP contribution >= 0.6 is 35.0 Å². The first-order valence-electron chi connectivity index (χ1n) is 6.05. The van der Waals surface area contributed by atoms with Crippen molar-refractivity contribution in [2.75, 3.05) is 17.3 Å². The molecular formula is C13H12Cl2N4O2S. The Balaban J connectivity index is 2.32. The van der Waals surface area contributed by atoms with Crippen LogP contribution in [0.2, 0.25) is 10.0 Å². The minimum Gasteiger partial charge on any atom is -0.477 e. The fourth-order valence-corrected chi connectivity index (χ4v) is 2.58. The Labute approximate surface area is 141 Å². The summed E-state index contributed by atoms with van der Waals surface area (Å²) in [5.41, 5.74) is 6.28. The number of nitrogens with two attached hydrogens (primary N) is 1. The van der Waals surface area contributed by atoms with E-state index in [2.05, 4.69) is 15.3 Å². The summed E-state index contributed by atoms with van der Waals surface area (Å²) in [7, 11) is 0. The van der Waals surface area contributed by atoms with Crippen LogP contribution in [0.25, 0.3) is 0 Å². The van der Waals surface area contributed by atoms with Crippen LogP contribution in [0.4, 0.5) is 11.6 Å². The van der Waals surface area contributed by atoms with Crippen molar-refractivity contribution in [3.05, 3.63) is 39.4 Å². The minimum atomic E-state index is -1.20. The number of nitrogens with zero attached hydrogens (tertiary/aromatic N) is 2. The highest BCUT2D eigenvalue weighted by atomic mass is 35.5. The van der Waals surface area contributed by atoms with Gasteiger partial charge in [-0.15, -0.1) is 0 Å². The quantitative estimate of drug-likeness (QED) is 0.556. The lowest BCUT2D eigenvalue weighted by atomic mass is 10.2. The maximum Gasteiger partial charge on any atom is 0.343 e. The largest absolute Gasteiger partial charge is 0.477 e. The first-order chi connectivity index (χ1) is 10.4. The molecule has 0 saturated carbocycles. The SMILES string of the molecule is CSc1nc(N)c(C(=O)O)c(NCc2ccc(Cl)cc2Cl)n1. The minimum absolute atomic E-state index is 0.0865. The molecule has 0 spiro atoms. The second-order valence-electron chi connectivity index (χ2n) is 4.21. The maximum atomic E-state index is 11.3. The molecule has 0 bridgehead atoms. The summed E-state index contributed by atoms with van der Waals surface area (Å²) in [6.45, 7) is 0.278. The molecule has 0 saturated heterocycles. The number of rotatable bonds is 5. The third kappa shape index (κ3) is 3.73. The highest BCUT2D eigenvalue weighted by Gasteiger charge is 2.18. The number of carboxylic acid groups (broad SMARTS) is 1. The number of halogens is 2. The van der Waals surface area contributed by atoms with E-state index in [9.17, 15) is 9.90 Å². The number of aromatic carboxylic acids is 1. The van der Waals surface area contributed by atoms with Crippen molar-refractivity contribution >= 4 is 52.6 Å². The predicted octanol–water partition coefficient (Wildman–Crippen LogP) is 3.40. The number of hydrogen-bond acceptors (Lipinski definition) is 6. The second-order valence-corrected chi connectivity index (χ2v) is 5.83. The standard InChI is InChI=1S/C13H12Cl2N4O2S/c1-22-13-18-10(16)9(12(20)21)11(19-13)17-5-6-2-3-7(14)4-8(6)15/h2-4H,5H2,1H3,(H,20,21)(H3,16,17,18,19). The smallest absolute Gasteiger partial charge is 0.343 e. The molecule has 0 aliphatic heterocycles. The van der Waals surface area contributed by atoms with Gasteiger partial charge in [-0.1, -0.05) is 41.0 Å². The maximum absolute atomic E-state index is 11.3. The van der Waals surface area contributed by atoms with E-state index in [0.29, 0.717) is 15.2 Å². The van der Waals surface area contributed by atoms with Crippen LogP contribution in [0, 0.1) is 0 Å². The molecule has 2 rings (SSSR count). The predicted molar refractivity (Wildman–Crippen MR) is 89.0 cm³/mol. The van der Waals surface area contributed by atoms with Gasteiger partial charge in [0.25, 0.3) is 0 Å². The van der Waals surface area contributed by atoms with E-state index in [4.69, 9.17) is 28.9 Å². The van der Waals surface area contributed by atoms with Gasteiger partial charge in [0.1, 0.15) is 17.2 Å². The number of carbonyl (C=O) groups is 1. The van der Waals surface area contributed by atoms with Crippen molar-refractivity contribution in [1.82, 2.24) is 9.97 Å². The van der Waals surface area contributed by atoms with Crippen LogP contribution < -0.4 is 11.1 Å². The van der Waals surface area contributed by atoms with Crippen molar-refractivity contribution in [3.63, 3.8) is 0 Å². The van der Waals surface area contributed by atoms with Crippen molar-refractivity contribution in [2.45, 2.75) is 11.7 Å². The van der Waals surface area contributed by atoms with Crippen LogP contribution in [-0.2, 0) is 6.54 Å². The van der Waals surface area contributed by atoms with Gasteiger partial charge in [-0.25, -0.2) is 14.8 Å². The fourth-order valence-electron chi connectivity index (χ4n) is 1.73. The summed E-state index contributed by atoms with van der Waals surface area (Å²) in [6.07, 6.45) is 1.77. The summed E-state index contributed by atoms with van der Waals surface area (Å²) in [6, 6.07) is 5.06. The molecule has 6 nitrogen and oxygen atoms in total. The number of aromatic nitrogens is 2. The number of nitrogens with one attached hydrogen (secondary N) is 1. The molecule has 4 N–H and O–H groups in total. The van der Waals surface area contributed by atoms with Gasteiger partial charge >= 0.3 is 5.97 Å². The Bertz CT molecular complexity index is 727. The summed E-state index contributed by atoms with van der Waals surface area (Å²) in [5, 5.41) is 13.6. The number of thioether (sulfide) groups is 1. The molecule has 0 radical (unpaired) electrons. The Morgan fingerprint density at radius 2 is 2.14 bits per heavy atom. The molecule has 22 heavy (non-hydrogen) atoms. The van der Waals surface area contributed by atoms with Crippen molar-refractivity contribution in [1.29, 1.82) is 0 Å². The van der Waals surface area contributed by atoms with Crippen LogP contribution in [0.1, 0.15) is 15.9 Å². The Hall–Kier alpha value is -1.70. The first-order valence-corrected chi connectivity index (χ1v) is 8.03. The molecule has 0 unspecified atom stereocenters. The Morgan fingerprint density at radius 1 is 1.41 bits per heavy atom. The van der Waals surface area contributed by atoms with Gasteiger partial charge < -0.3 is 16.2 Å². The number of nitrogen functional groups attached to an aromatic ring is 1. The summed E-state index contributed by atoms with van der Waals surface area (Å²) in [5.74, 6) is -1.14. The van der Waals surface area contributed by atoms with Gasteiger partial charge in [0.2, 0.25) is 0 Å². The lowest BCUT2D eigenvalue weighted by Crippen LogP contribution is -2.13. The first kappa shape index (κ1) is 16.7. The zero-order chi connectivity index (χ0) is 16.3. The van der Waals surface area contributed by atoms with Gasteiger partial charge in [-0.2, -0.15) is 0 Å². The van der Waals surface area contributed by atoms with E-state index >= 15 is 0 Å². The van der Waals surface area contributed by atoms with Crippen LogP contribution in [0.5, 0.6) is 0 Å². The highest BCUT2D eigenvalue weighted by molar-refractivity contribution is 7.98. The molecule has 0 amide bonds. The third-order valence-corrected chi connectivity index (χ3v) is 3.91. The van der Waals surface area contributed by atoms with Crippen LogP contribution in [0.15, 0.2) is 23.4 Å². The topological polar surface area (TPSA) is 101 Å². The molecule has 0 atom stereocenters. The summed E-state index contributed by atoms with van der Waals surface area (Å²) in [4.78, 5) is 19.4.